The van der Waals surface area contributed by atoms with Crippen molar-refractivity contribution in [2.24, 2.45) is 17.2 Å². The highest BCUT2D eigenvalue weighted by Gasteiger charge is 2.26. The number of hydrogen-bond acceptors (Lipinski definition) is 7. The van der Waals surface area contributed by atoms with Crippen molar-refractivity contribution in [3.05, 3.63) is 0 Å². The molecule has 0 amide bonds. The molecule has 0 spiro atoms. The largest absolute Gasteiger partial charge is 0.548 e. The molecule has 3 atom stereocenters. The van der Waals surface area contributed by atoms with Crippen molar-refractivity contribution < 1.29 is 19.8 Å². The molecule has 9 heteroatoms. The maximum absolute atomic E-state index is 10.5. The number of aliphatic carboxylic acids is 2. The molecule has 7 nitrogen and oxygen atoms in total. The highest BCUT2D eigenvalue weighted by atomic mass is 33.1. The lowest BCUT2D eigenvalue weighted by atomic mass is 10.4. The lowest BCUT2D eigenvalue weighted by molar-refractivity contribution is -0.306. The first-order valence-corrected chi connectivity index (χ1v) is 7.90. The van der Waals surface area contributed by atoms with Crippen LogP contribution in [-0.4, -0.2) is 52.9 Å². The topological polar surface area (TPSA) is 155 Å². The van der Waals surface area contributed by atoms with Gasteiger partial charge in [0.1, 0.15) is 17.5 Å². The minimum Gasteiger partial charge on any atom is -0.548 e. The lowest BCUT2D eigenvalue weighted by Gasteiger charge is -2.13. The van der Waals surface area contributed by atoms with E-state index < -0.39 is 33.9 Å². The van der Waals surface area contributed by atoms with E-state index in [-0.39, 0.29) is 11.5 Å². The van der Waals surface area contributed by atoms with E-state index in [1.54, 1.807) is 0 Å². The third-order valence-electron chi connectivity index (χ3n) is 1.75. The van der Waals surface area contributed by atoms with Crippen molar-refractivity contribution in [3.8, 4) is 0 Å². The molecule has 0 saturated carbocycles. The van der Waals surface area contributed by atoms with Gasteiger partial charge >= 0.3 is 5.97 Å². The van der Waals surface area contributed by atoms with E-state index in [1.165, 1.54) is 10.8 Å². The third kappa shape index (κ3) is 7.45. The van der Waals surface area contributed by atoms with Gasteiger partial charge in [-0.3, -0.25) is 4.79 Å². The summed E-state index contributed by atoms with van der Waals surface area (Å²) in [7, 11) is 0.889. The van der Waals surface area contributed by atoms with Crippen LogP contribution in [0.4, 0.5) is 0 Å². The molecule has 0 aromatic carbocycles. The Morgan fingerprint density at radius 1 is 1.35 bits per heavy atom. The van der Waals surface area contributed by atoms with Crippen LogP contribution in [0.3, 0.4) is 0 Å². The monoisotopic (exact) mass is 283 g/mol. The number of carboxylic acid groups (broad SMARTS) is 2. The van der Waals surface area contributed by atoms with E-state index in [1.807, 2.05) is 0 Å². The number of nitrogens with two attached hydrogens (primary N) is 3. The van der Waals surface area contributed by atoms with Crippen LogP contribution in [-0.2, 0) is 19.5 Å². The van der Waals surface area contributed by atoms with Gasteiger partial charge in [-0.05, 0) is 0 Å². The molecule has 0 heterocycles. The molecular weight excluding hydrogens is 266 g/mol. The van der Waals surface area contributed by atoms with Crippen LogP contribution in [0.25, 0.3) is 0 Å². The fraction of sp³-hybridized carbons (Fsp3) is 0.750. The molecule has 0 aromatic rings. The summed E-state index contributed by atoms with van der Waals surface area (Å²) in [6, 6.07) is -2.02. The van der Waals surface area contributed by atoms with E-state index in [4.69, 9.17) is 22.3 Å². The van der Waals surface area contributed by atoms with E-state index in [9.17, 15) is 14.7 Å². The smallest absolute Gasteiger partial charge is 0.321 e. The molecule has 0 fully saturated rings. The van der Waals surface area contributed by atoms with Gasteiger partial charge in [0.05, 0.1) is 38.5 Å². The van der Waals surface area contributed by atoms with Crippen molar-refractivity contribution in [2.45, 2.75) is 12.1 Å². The SMILES string of the molecule is NCC[S+](C[C@@H](N)C(=O)[O-])SC[C@@H](N)C(=O)O. The first-order valence-electron chi connectivity index (χ1n) is 4.84. The zero-order valence-electron chi connectivity index (χ0n) is 9.20. The number of carbonyl (C=O) groups excluding carboxylic acids is 1. The summed E-state index contributed by atoms with van der Waals surface area (Å²) in [5.74, 6) is -1.40. The Morgan fingerprint density at radius 2 is 1.94 bits per heavy atom. The van der Waals surface area contributed by atoms with Gasteiger partial charge in [-0.1, -0.05) is 0 Å². The molecule has 0 aliphatic carbocycles. The first kappa shape index (κ1) is 16.5. The van der Waals surface area contributed by atoms with Crippen LogP contribution in [0.2, 0.25) is 0 Å². The highest BCUT2D eigenvalue weighted by Crippen LogP contribution is 2.18. The maximum atomic E-state index is 10.5. The first-order chi connectivity index (χ1) is 7.88. The average Bonchev–Trinajstić information content (AvgIpc) is 2.25. The number of rotatable bonds is 9. The van der Waals surface area contributed by atoms with E-state index in [0.717, 1.165) is 0 Å². The van der Waals surface area contributed by atoms with Crippen molar-refractivity contribution >= 4 is 32.7 Å². The minimum absolute atomic E-state index is 0.207. The van der Waals surface area contributed by atoms with Crippen LogP contribution in [0.5, 0.6) is 0 Å². The predicted octanol–water partition coefficient (Wildman–Crippen LogP) is -3.30. The van der Waals surface area contributed by atoms with Gasteiger partial charge in [-0.25, -0.2) is 0 Å². The lowest BCUT2D eigenvalue weighted by Crippen LogP contribution is -2.46. The highest BCUT2D eigenvalue weighted by molar-refractivity contribution is 8.74. The van der Waals surface area contributed by atoms with Crippen LogP contribution in [0.15, 0.2) is 0 Å². The van der Waals surface area contributed by atoms with E-state index in [2.05, 4.69) is 0 Å². The molecule has 100 valence electrons. The molecule has 17 heavy (non-hydrogen) atoms. The fourth-order valence-electron chi connectivity index (χ4n) is 0.831. The van der Waals surface area contributed by atoms with Gasteiger partial charge in [0.2, 0.25) is 0 Å². The van der Waals surface area contributed by atoms with Crippen LogP contribution < -0.4 is 22.3 Å². The average molecular weight is 283 g/mol. The zero-order chi connectivity index (χ0) is 13.4. The molecule has 0 saturated heterocycles. The van der Waals surface area contributed by atoms with Crippen LogP contribution >= 0.6 is 10.8 Å². The van der Waals surface area contributed by atoms with Crippen molar-refractivity contribution in [2.75, 3.05) is 23.8 Å². The van der Waals surface area contributed by atoms with E-state index in [0.29, 0.717) is 12.3 Å². The Hall–Kier alpha value is -0.480. The summed E-state index contributed by atoms with van der Waals surface area (Å²) in [5.41, 5.74) is 16.1. The summed E-state index contributed by atoms with van der Waals surface area (Å²) in [5, 5.41) is 19.1. The summed E-state index contributed by atoms with van der Waals surface area (Å²) in [6.07, 6.45) is 0. The minimum atomic E-state index is -1.32. The number of carbonyl (C=O) groups is 2. The van der Waals surface area contributed by atoms with Crippen LogP contribution in [0.1, 0.15) is 0 Å². The van der Waals surface area contributed by atoms with Gasteiger partial charge in [0.15, 0.2) is 0 Å². The van der Waals surface area contributed by atoms with Gasteiger partial charge < -0.3 is 32.2 Å². The Kier molecular flexibility index (Phi) is 8.35. The van der Waals surface area contributed by atoms with Gasteiger partial charge in [-0.2, -0.15) is 0 Å². The molecule has 0 aliphatic heterocycles. The van der Waals surface area contributed by atoms with E-state index >= 15 is 0 Å². The predicted molar refractivity (Wildman–Crippen MR) is 67.2 cm³/mol. The third-order valence-corrected chi connectivity index (χ3v) is 6.31. The molecule has 0 bridgehead atoms. The number of carboxylic acids is 2. The van der Waals surface area contributed by atoms with Crippen molar-refractivity contribution in [3.63, 3.8) is 0 Å². The number of hydrogen-bond donors (Lipinski definition) is 4. The molecule has 0 aliphatic rings. The molecule has 1 unspecified atom stereocenters. The fourth-order valence-corrected chi connectivity index (χ4v) is 4.88. The molecule has 0 aromatic heterocycles. The molecule has 7 N–H and O–H groups in total. The Balaban J connectivity index is 4.14. The van der Waals surface area contributed by atoms with Crippen LogP contribution in [0, 0.1) is 0 Å². The quantitative estimate of drug-likeness (QED) is 0.253. The molecular formula is C8H17N3O4S2. The summed E-state index contributed by atoms with van der Waals surface area (Å²) < 4.78 is 0. The summed E-state index contributed by atoms with van der Waals surface area (Å²) in [4.78, 5) is 21.0. The summed E-state index contributed by atoms with van der Waals surface area (Å²) in [6.45, 7) is 0.387. The normalized spacial score (nSPS) is 16.2. The van der Waals surface area contributed by atoms with Gasteiger partial charge in [0, 0.05) is 6.54 Å². The van der Waals surface area contributed by atoms with Crippen molar-refractivity contribution in [1.29, 1.82) is 0 Å². The van der Waals surface area contributed by atoms with Gasteiger partial charge in [-0.15, -0.1) is 0 Å². The van der Waals surface area contributed by atoms with Gasteiger partial charge in [0.25, 0.3) is 0 Å². The Morgan fingerprint density at radius 3 is 2.35 bits per heavy atom. The Labute approximate surface area is 106 Å². The molecule has 0 rings (SSSR count). The maximum Gasteiger partial charge on any atom is 0.321 e. The molecule has 0 radical (unpaired) electrons. The van der Waals surface area contributed by atoms with Crippen molar-refractivity contribution in [1.82, 2.24) is 0 Å². The Bertz CT molecular complexity index is 267. The summed E-state index contributed by atoms with van der Waals surface area (Å²) >= 11 is 0. The second kappa shape index (κ2) is 8.59. The standard InChI is InChI=1S/C8H17N3O4S2/c9-1-2-17(4-6(11)8(14)15)16-3-5(10)7(12)13/h5-6H,1-4,9-11H2,(H-,12,13,14,15)/t5-,6-,17?/m1/s1. The second-order valence-corrected chi connectivity index (χ2v) is 7.57. The second-order valence-electron chi connectivity index (χ2n) is 3.25. The zero-order valence-corrected chi connectivity index (χ0v) is 10.8.